The minimum absolute atomic E-state index is 0.0830. The third-order valence-electron chi connectivity index (χ3n) is 2.00. The first-order chi connectivity index (χ1) is 6.74. The Hall–Kier alpha value is -1.30. The number of hydrogen-bond donors (Lipinski definition) is 2. The summed E-state index contributed by atoms with van der Waals surface area (Å²) in [6, 6.07) is 0. The monoisotopic (exact) mass is 200 g/mol. The molecular formula is C8H16N4O2. The lowest BCUT2D eigenvalue weighted by Gasteiger charge is -2.27. The van der Waals surface area contributed by atoms with E-state index in [-0.39, 0.29) is 12.5 Å². The molecule has 6 nitrogen and oxygen atoms in total. The second-order valence-corrected chi connectivity index (χ2v) is 2.95. The van der Waals surface area contributed by atoms with Crippen LogP contribution in [0.1, 0.15) is 0 Å². The molecule has 1 aliphatic rings. The van der Waals surface area contributed by atoms with Gasteiger partial charge in [-0.3, -0.25) is 4.79 Å². The molecule has 6 heteroatoms. The fourth-order valence-electron chi connectivity index (χ4n) is 1.12. The number of likely N-dealkylation sites (N-methyl/N-ethyl adjacent to an activating group) is 1. The Morgan fingerprint density at radius 2 is 2.21 bits per heavy atom. The van der Waals surface area contributed by atoms with Gasteiger partial charge in [0.05, 0.1) is 13.2 Å². The number of rotatable bonds is 2. The highest BCUT2D eigenvalue weighted by atomic mass is 16.5. The maximum absolute atomic E-state index is 10.9. The first kappa shape index (κ1) is 10.8. The van der Waals surface area contributed by atoms with Crippen LogP contribution in [0.25, 0.3) is 0 Å². The molecule has 0 atom stereocenters. The molecule has 0 spiro atoms. The summed E-state index contributed by atoms with van der Waals surface area (Å²) in [6.07, 6.45) is 0. The smallest absolute Gasteiger partial charge is 0.241 e. The number of carbonyl (C=O) groups is 1. The van der Waals surface area contributed by atoms with Crippen molar-refractivity contribution in [2.45, 2.75) is 0 Å². The zero-order valence-corrected chi connectivity index (χ0v) is 8.32. The van der Waals surface area contributed by atoms with Crippen molar-refractivity contribution in [3.63, 3.8) is 0 Å². The van der Waals surface area contributed by atoms with Crippen LogP contribution < -0.4 is 11.1 Å². The fourth-order valence-corrected chi connectivity index (χ4v) is 1.12. The highest BCUT2D eigenvalue weighted by Crippen LogP contribution is 1.95. The van der Waals surface area contributed by atoms with Gasteiger partial charge in [0.2, 0.25) is 5.91 Å². The van der Waals surface area contributed by atoms with Gasteiger partial charge in [0.15, 0.2) is 5.96 Å². The molecule has 0 aromatic rings. The van der Waals surface area contributed by atoms with Gasteiger partial charge in [-0.1, -0.05) is 0 Å². The molecule has 1 heterocycles. The van der Waals surface area contributed by atoms with Crippen LogP contribution in [-0.2, 0) is 9.53 Å². The normalized spacial score (nSPS) is 18.1. The zero-order valence-electron chi connectivity index (χ0n) is 8.32. The standard InChI is InChI=1S/C8H16N4O2/c1-10-7(13)6-11-8(9)12-2-4-14-5-3-12/h2-6H2,1H3,(H2,9,11)(H,10,13). The van der Waals surface area contributed by atoms with E-state index in [1.54, 1.807) is 7.05 Å². The average Bonchev–Trinajstić information content (AvgIpc) is 2.26. The van der Waals surface area contributed by atoms with Crippen LogP contribution in [-0.4, -0.2) is 56.7 Å². The van der Waals surface area contributed by atoms with Gasteiger partial charge in [-0.15, -0.1) is 0 Å². The summed E-state index contributed by atoms with van der Waals surface area (Å²) in [5.41, 5.74) is 5.69. The number of morpholine rings is 1. The molecule has 0 bridgehead atoms. The molecule has 1 saturated heterocycles. The number of nitrogens with one attached hydrogen (secondary N) is 1. The first-order valence-electron chi connectivity index (χ1n) is 4.57. The van der Waals surface area contributed by atoms with Crippen LogP contribution in [0.15, 0.2) is 4.99 Å². The predicted octanol–water partition coefficient (Wildman–Crippen LogP) is -1.62. The van der Waals surface area contributed by atoms with Crippen LogP contribution in [0.2, 0.25) is 0 Å². The van der Waals surface area contributed by atoms with Gasteiger partial charge in [0, 0.05) is 20.1 Å². The van der Waals surface area contributed by atoms with Crippen molar-refractivity contribution < 1.29 is 9.53 Å². The number of ether oxygens (including phenoxy) is 1. The number of carbonyl (C=O) groups excluding carboxylic acids is 1. The molecule has 0 radical (unpaired) electrons. The lowest BCUT2D eigenvalue weighted by Crippen LogP contribution is -2.45. The van der Waals surface area contributed by atoms with E-state index in [0.29, 0.717) is 19.2 Å². The summed E-state index contributed by atoms with van der Waals surface area (Å²) < 4.78 is 5.17. The molecule has 14 heavy (non-hydrogen) atoms. The van der Waals surface area contributed by atoms with Crippen molar-refractivity contribution >= 4 is 11.9 Å². The summed E-state index contributed by atoms with van der Waals surface area (Å²) in [4.78, 5) is 16.8. The van der Waals surface area contributed by atoms with Crippen LogP contribution in [0.5, 0.6) is 0 Å². The molecule has 0 saturated carbocycles. The minimum Gasteiger partial charge on any atom is -0.378 e. The Balaban J connectivity index is 2.37. The molecular weight excluding hydrogens is 184 g/mol. The van der Waals surface area contributed by atoms with Crippen molar-refractivity contribution in [3.8, 4) is 0 Å². The molecule has 1 fully saturated rings. The van der Waals surface area contributed by atoms with Gasteiger partial charge >= 0.3 is 0 Å². The topological polar surface area (TPSA) is 80.0 Å². The van der Waals surface area contributed by atoms with E-state index in [2.05, 4.69) is 10.3 Å². The Morgan fingerprint density at radius 3 is 2.79 bits per heavy atom. The molecule has 3 N–H and O–H groups in total. The van der Waals surface area contributed by atoms with Crippen molar-refractivity contribution in [3.05, 3.63) is 0 Å². The number of nitrogens with zero attached hydrogens (tertiary/aromatic N) is 2. The minimum atomic E-state index is -0.138. The van der Waals surface area contributed by atoms with Crippen molar-refractivity contribution in [1.29, 1.82) is 0 Å². The van der Waals surface area contributed by atoms with Crippen LogP contribution in [0.4, 0.5) is 0 Å². The summed E-state index contributed by atoms with van der Waals surface area (Å²) in [5.74, 6) is 0.276. The van der Waals surface area contributed by atoms with Gasteiger partial charge in [-0.2, -0.15) is 0 Å². The molecule has 80 valence electrons. The van der Waals surface area contributed by atoms with Crippen molar-refractivity contribution in [2.24, 2.45) is 10.7 Å². The van der Waals surface area contributed by atoms with Gasteiger partial charge < -0.3 is 20.7 Å². The molecule has 1 aliphatic heterocycles. The maximum atomic E-state index is 10.9. The van der Waals surface area contributed by atoms with Crippen molar-refractivity contribution in [1.82, 2.24) is 10.2 Å². The largest absolute Gasteiger partial charge is 0.378 e. The average molecular weight is 200 g/mol. The Kier molecular flexibility index (Phi) is 4.18. The second-order valence-electron chi connectivity index (χ2n) is 2.95. The van der Waals surface area contributed by atoms with Crippen LogP contribution >= 0.6 is 0 Å². The van der Waals surface area contributed by atoms with E-state index in [9.17, 15) is 4.79 Å². The van der Waals surface area contributed by atoms with Crippen LogP contribution in [0, 0.1) is 0 Å². The molecule has 1 rings (SSSR count). The third-order valence-corrected chi connectivity index (χ3v) is 2.00. The molecule has 1 amide bonds. The van der Waals surface area contributed by atoms with Gasteiger partial charge in [0.25, 0.3) is 0 Å². The number of aliphatic imine (C=N–C) groups is 1. The highest BCUT2D eigenvalue weighted by Gasteiger charge is 2.12. The summed E-state index contributed by atoms with van der Waals surface area (Å²) in [5, 5.41) is 2.48. The highest BCUT2D eigenvalue weighted by molar-refractivity contribution is 5.83. The molecule has 0 aromatic carbocycles. The summed E-state index contributed by atoms with van der Waals surface area (Å²) in [7, 11) is 1.57. The van der Waals surface area contributed by atoms with E-state index >= 15 is 0 Å². The number of amides is 1. The number of nitrogens with two attached hydrogens (primary N) is 1. The van der Waals surface area contributed by atoms with E-state index in [4.69, 9.17) is 10.5 Å². The fraction of sp³-hybridized carbons (Fsp3) is 0.750. The second kappa shape index (κ2) is 5.43. The Morgan fingerprint density at radius 1 is 1.57 bits per heavy atom. The number of guanidine groups is 1. The predicted molar refractivity (Wildman–Crippen MR) is 52.9 cm³/mol. The Bertz CT molecular complexity index is 223. The third kappa shape index (κ3) is 3.21. The van der Waals surface area contributed by atoms with E-state index in [1.165, 1.54) is 0 Å². The zero-order chi connectivity index (χ0) is 10.4. The van der Waals surface area contributed by atoms with Crippen molar-refractivity contribution in [2.75, 3.05) is 39.9 Å². The maximum Gasteiger partial charge on any atom is 0.241 e. The molecule has 0 aliphatic carbocycles. The van der Waals surface area contributed by atoms with Gasteiger partial charge in [0.1, 0.15) is 6.54 Å². The lowest BCUT2D eigenvalue weighted by molar-refractivity contribution is -0.119. The van der Waals surface area contributed by atoms with Crippen LogP contribution in [0.3, 0.4) is 0 Å². The van der Waals surface area contributed by atoms with Gasteiger partial charge in [-0.05, 0) is 0 Å². The summed E-state index contributed by atoms with van der Waals surface area (Å²) in [6.45, 7) is 2.89. The Labute approximate surface area is 83.1 Å². The molecule has 0 unspecified atom stereocenters. The van der Waals surface area contributed by atoms with Gasteiger partial charge in [-0.25, -0.2) is 4.99 Å². The number of hydrogen-bond acceptors (Lipinski definition) is 3. The quantitative estimate of drug-likeness (QED) is 0.415. The summed E-state index contributed by atoms with van der Waals surface area (Å²) >= 11 is 0. The van der Waals surface area contributed by atoms with E-state index < -0.39 is 0 Å². The van der Waals surface area contributed by atoms with E-state index in [1.807, 2.05) is 4.90 Å². The first-order valence-corrected chi connectivity index (χ1v) is 4.57. The lowest BCUT2D eigenvalue weighted by atomic mass is 10.4. The van der Waals surface area contributed by atoms with E-state index in [0.717, 1.165) is 13.1 Å². The molecule has 0 aromatic heterocycles. The SMILES string of the molecule is CNC(=O)CN=C(N)N1CCOCC1.